The SMILES string of the molecule is CC1Cc2cc(Cl)c[c]c2O1. The molecule has 1 aromatic rings. The fraction of sp³-hybridized carbons (Fsp3) is 0.333. The van der Waals surface area contributed by atoms with E-state index in [0.29, 0.717) is 0 Å². The fourth-order valence-electron chi connectivity index (χ4n) is 1.31. The Morgan fingerprint density at radius 1 is 1.73 bits per heavy atom. The van der Waals surface area contributed by atoms with Gasteiger partial charge in [0.05, 0.1) is 0 Å². The number of benzene rings is 1. The van der Waals surface area contributed by atoms with Crippen LogP contribution < -0.4 is 4.74 Å². The van der Waals surface area contributed by atoms with E-state index in [9.17, 15) is 0 Å². The van der Waals surface area contributed by atoms with Crippen molar-refractivity contribution in [3.8, 4) is 5.75 Å². The first kappa shape index (κ1) is 6.99. The highest BCUT2D eigenvalue weighted by molar-refractivity contribution is 6.30. The van der Waals surface area contributed by atoms with Gasteiger partial charge >= 0.3 is 0 Å². The molecule has 2 rings (SSSR count). The molecule has 1 aromatic carbocycles. The highest BCUT2D eigenvalue weighted by atomic mass is 35.5. The van der Waals surface area contributed by atoms with E-state index in [1.165, 1.54) is 5.56 Å². The maximum atomic E-state index is 5.78. The van der Waals surface area contributed by atoms with Gasteiger partial charge in [-0.05, 0) is 24.6 Å². The summed E-state index contributed by atoms with van der Waals surface area (Å²) in [7, 11) is 0. The molecule has 1 heterocycles. The van der Waals surface area contributed by atoms with E-state index in [1.807, 2.05) is 13.0 Å². The molecule has 11 heavy (non-hydrogen) atoms. The molecule has 0 N–H and O–H groups in total. The monoisotopic (exact) mass is 167 g/mol. The normalized spacial score (nSPS) is 21.1. The maximum absolute atomic E-state index is 5.78. The van der Waals surface area contributed by atoms with Crippen LogP contribution in [-0.2, 0) is 6.42 Å². The number of hydrogen-bond donors (Lipinski definition) is 0. The van der Waals surface area contributed by atoms with Gasteiger partial charge in [0.15, 0.2) is 0 Å². The predicted molar refractivity (Wildman–Crippen MR) is 44.1 cm³/mol. The lowest BCUT2D eigenvalue weighted by Gasteiger charge is -2.00. The minimum atomic E-state index is 0.278. The Bertz CT molecular complexity index is 283. The Kier molecular flexibility index (Phi) is 1.53. The van der Waals surface area contributed by atoms with Gasteiger partial charge in [-0.1, -0.05) is 11.6 Å². The second-order valence-electron chi connectivity index (χ2n) is 2.80. The van der Waals surface area contributed by atoms with Gasteiger partial charge in [0.1, 0.15) is 11.9 Å². The van der Waals surface area contributed by atoms with Crippen LogP contribution >= 0.6 is 11.6 Å². The molecule has 1 nitrogen and oxygen atoms in total. The average molecular weight is 168 g/mol. The van der Waals surface area contributed by atoms with Gasteiger partial charge in [0.2, 0.25) is 0 Å². The summed E-state index contributed by atoms with van der Waals surface area (Å²) in [6.07, 6.45) is 1.23. The van der Waals surface area contributed by atoms with Crippen LogP contribution in [0.4, 0.5) is 0 Å². The van der Waals surface area contributed by atoms with E-state index >= 15 is 0 Å². The van der Waals surface area contributed by atoms with Gasteiger partial charge in [-0.25, -0.2) is 0 Å². The third-order valence-corrected chi connectivity index (χ3v) is 1.99. The zero-order valence-corrected chi connectivity index (χ0v) is 6.98. The first-order chi connectivity index (χ1) is 5.25. The van der Waals surface area contributed by atoms with Crippen LogP contribution in [-0.4, -0.2) is 6.10 Å². The van der Waals surface area contributed by atoms with Crippen molar-refractivity contribution in [2.24, 2.45) is 0 Å². The Labute approximate surface area is 70.9 Å². The Morgan fingerprint density at radius 2 is 2.55 bits per heavy atom. The third kappa shape index (κ3) is 1.21. The van der Waals surface area contributed by atoms with E-state index in [1.54, 1.807) is 6.07 Å². The highest BCUT2D eigenvalue weighted by Gasteiger charge is 2.18. The van der Waals surface area contributed by atoms with Gasteiger partial charge in [0.25, 0.3) is 0 Å². The lowest BCUT2D eigenvalue weighted by molar-refractivity contribution is 0.254. The number of ether oxygens (including phenoxy) is 1. The number of halogens is 1. The van der Waals surface area contributed by atoms with Crippen LogP contribution in [0.2, 0.25) is 5.02 Å². The van der Waals surface area contributed by atoms with Crippen molar-refractivity contribution < 1.29 is 4.74 Å². The minimum absolute atomic E-state index is 0.278. The molecular formula is C9H8ClO. The van der Waals surface area contributed by atoms with Crippen LogP contribution in [0, 0.1) is 6.07 Å². The summed E-state index contributed by atoms with van der Waals surface area (Å²) in [5.41, 5.74) is 1.17. The first-order valence-corrected chi connectivity index (χ1v) is 4.00. The minimum Gasteiger partial charge on any atom is -0.489 e. The second kappa shape index (κ2) is 2.42. The van der Waals surface area contributed by atoms with Crippen LogP contribution in [0.1, 0.15) is 12.5 Å². The zero-order valence-electron chi connectivity index (χ0n) is 6.23. The quantitative estimate of drug-likeness (QED) is 0.577. The van der Waals surface area contributed by atoms with Crippen molar-refractivity contribution >= 4 is 11.6 Å². The lowest BCUT2D eigenvalue weighted by Crippen LogP contribution is -2.05. The van der Waals surface area contributed by atoms with Crippen LogP contribution in [0.25, 0.3) is 0 Å². The van der Waals surface area contributed by atoms with Crippen LogP contribution in [0.3, 0.4) is 0 Å². The molecule has 1 radical (unpaired) electrons. The molecule has 1 aliphatic rings. The summed E-state index contributed by atoms with van der Waals surface area (Å²) in [4.78, 5) is 0. The van der Waals surface area contributed by atoms with E-state index in [0.717, 1.165) is 17.2 Å². The van der Waals surface area contributed by atoms with Crippen molar-refractivity contribution in [1.29, 1.82) is 0 Å². The van der Waals surface area contributed by atoms with Gasteiger partial charge < -0.3 is 4.74 Å². The summed E-state index contributed by atoms with van der Waals surface area (Å²) in [5.74, 6) is 0.863. The Balaban J connectivity index is 2.43. The molecular weight excluding hydrogens is 160 g/mol. The largest absolute Gasteiger partial charge is 0.489 e. The molecule has 0 fully saturated rings. The first-order valence-electron chi connectivity index (χ1n) is 3.62. The Morgan fingerprint density at radius 3 is 3.36 bits per heavy atom. The maximum Gasteiger partial charge on any atom is 0.131 e. The van der Waals surface area contributed by atoms with E-state index in [-0.39, 0.29) is 6.10 Å². The molecule has 0 amide bonds. The van der Waals surface area contributed by atoms with Crippen molar-refractivity contribution in [2.45, 2.75) is 19.4 Å². The molecule has 2 heteroatoms. The second-order valence-corrected chi connectivity index (χ2v) is 3.24. The Hall–Kier alpha value is -0.690. The zero-order chi connectivity index (χ0) is 7.84. The van der Waals surface area contributed by atoms with Gasteiger partial charge in [-0.3, -0.25) is 0 Å². The lowest BCUT2D eigenvalue weighted by atomic mass is 10.1. The molecule has 0 saturated carbocycles. The van der Waals surface area contributed by atoms with Crippen molar-refractivity contribution in [2.75, 3.05) is 0 Å². The van der Waals surface area contributed by atoms with Crippen molar-refractivity contribution in [1.82, 2.24) is 0 Å². The number of fused-ring (bicyclic) bond motifs is 1. The summed E-state index contributed by atoms with van der Waals surface area (Å²) in [6, 6.07) is 6.67. The molecule has 1 unspecified atom stereocenters. The van der Waals surface area contributed by atoms with Gasteiger partial charge in [0, 0.05) is 17.5 Å². The molecule has 0 aliphatic carbocycles. The smallest absolute Gasteiger partial charge is 0.131 e. The molecule has 0 bridgehead atoms. The molecule has 57 valence electrons. The summed E-state index contributed by atoms with van der Waals surface area (Å²) < 4.78 is 5.45. The highest BCUT2D eigenvalue weighted by Crippen LogP contribution is 2.29. The molecule has 0 saturated heterocycles. The van der Waals surface area contributed by atoms with Crippen molar-refractivity contribution in [3.63, 3.8) is 0 Å². The molecule has 0 aromatic heterocycles. The molecule has 0 spiro atoms. The number of hydrogen-bond acceptors (Lipinski definition) is 1. The predicted octanol–water partition coefficient (Wildman–Crippen LogP) is 2.46. The van der Waals surface area contributed by atoms with Crippen LogP contribution in [0.15, 0.2) is 12.1 Å². The standard InChI is InChI=1S/C9H8ClO/c1-6-4-7-5-8(10)2-3-9(7)11-6/h2,5-6H,4H2,1H3. The van der Waals surface area contributed by atoms with Crippen LogP contribution in [0.5, 0.6) is 5.75 Å². The van der Waals surface area contributed by atoms with E-state index in [4.69, 9.17) is 16.3 Å². The van der Waals surface area contributed by atoms with E-state index < -0.39 is 0 Å². The summed E-state index contributed by atoms with van der Waals surface area (Å²) in [6.45, 7) is 2.04. The third-order valence-electron chi connectivity index (χ3n) is 1.77. The summed E-state index contributed by atoms with van der Waals surface area (Å²) in [5, 5.41) is 0.737. The topological polar surface area (TPSA) is 9.23 Å². The summed E-state index contributed by atoms with van der Waals surface area (Å²) >= 11 is 5.78. The fourth-order valence-corrected chi connectivity index (χ4v) is 1.50. The molecule has 1 aliphatic heterocycles. The van der Waals surface area contributed by atoms with Crippen molar-refractivity contribution in [3.05, 3.63) is 28.8 Å². The molecule has 1 atom stereocenters. The average Bonchev–Trinajstić information content (AvgIpc) is 2.27. The van der Waals surface area contributed by atoms with E-state index in [2.05, 4.69) is 6.07 Å². The van der Waals surface area contributed by atoms with Gasteiger partial charge in [-0.2, -0.15) is 0 Å². The number of rotatable bonds is 0. The van der Waals surface area contributed by atoms with Gasteiger partial charge in [-0.15, -0.1) is 0 Å².